The van der Waals surface area contributed by atoms with Crippen LogP contribution in [0.2, 0.25) is 4.34 Å². The van der Waals surface area contributed by atoms with Crippen molar-refractivity contribution in [1.29, 1.82) is 0 Å². The lowest BCUT2D eigenvalue weighted by Gasteiger charge is -2.32. The third-order valence-electron chi connectivity index (χ3n) is 6.52. The fraction of sp³-hybridized carbons (Fsp3) is 0.417. The normalized spacial score (nSPS) is 18.0. The number of rotatable bonds is 7. The second kappa shape index (κ2) is 10.3. The first-order chi connectivity index (χ1) is 17.3. The molecule has 0 aliphatic carbocycles. The van der Waals surface area contributed by atoms with E-state index in [0.717, 1.165) is 29.9 Å². The quantitative estimate of drug-likeness (QED) is 0.416. The van der Waals surface area contributed by atoms with Gasteiger partial charge in [0.2, 0.25) is 5.91 Å². The van der Waals surface area contributed by atoms with Crippen LogP contribution in [0.3, 0.4) is 0 Å². The third-order valence-corrected chi connectivity index (χ3v) is 9.40. The van der Waals surface area contributed by atoms with Crippen molar-refractivity contribution in [3.8, 4) is 5.69 Å². The molecule has 0 radical (unpaired) electrons. The molecule has 2 aliphatic heterocycles. The van der Waals surface area contributed by atoms with E-state index in [2.05, 4.69) is 10.3 Å². The summed E-state index contributed by atoms with van der Waals surface area (Å²) in [6.07, 6.45) is 4.90. The standard InChI is InChI=1S/C24H26ClN5O4S2/c25-23-9-8-22(35-23)21(31)7-4-17-16-30(27-26-17)19-6-5-18(29-10-2-1-3-24(29)32)15-20(19)28-11-13-36(33,34)14-12-28/h5-6,8-9,15-16H,1-4,7,10-14H2. The number of halogens is 1. The molecule has 0 atom stereocenters. The Morgan fingerprint density at radius 1 is 1.06 bits per heavy atom. The van der Waals surface area contributed by atoms with Gasteiger partial charge in [0.15, 0.2) is 15.6 Å². The molecule has 1 aromatic carbocycles. The Labute approximate surface area is 218 Å². The maximum absolute atomic E-state index is 12.5. The first-order valence-corrected chi connectivity index (χ1v) is 14.9. The number of carbonyl (C=O) groups is 2. The third kappa shape index (κ3) is 5.47. The van der Waals surface area contributed by atoms with E-state index in [9.17, 15) is 18.0 Å². The number of thiophene rings is 1. The van der Waals surface area contributed by atoms with Gasteiger partial charge < -0.3 is 9.80 Å². The lowest BCUT2D eigenvalue weighted by molar-refractivity contribution is -0.119. The van der Waals surface area contributed by atoms with E-state index in [1.807, 2.05) is 23.1 Å². The first kappa shape index (κ1) is 24.9. The van der Waals surface area contributed by atoms with E-state index >= 15 is 0 Å². The number of aryl methyl sites for hydroxylation is 1. The van der Waals surface area contributed by atoms with E-state index in [1.54, 1.807) is 27.9 Å². The molecule has 2 fully saturated rings. The minimum absolute atomic E-state index is 0.00668. The summed E-state index contributed by atoms with van der Waals surface area (Å²) in [6, 6.07) is 9.18. The zero-order valence-electron chi connectivity index (χ0n) is 19.6. The Morgan fingerprint density at radius 2 is 1.86 bits per heavy atom. The number of hydrogen-bond acceptors (Lipinski definition) is 8. The fourth-order valence-corrected chi connectivity index (χ4v) is 6.73. The van der Waals surface area contributed by atoms with Crippen molar-refractivity contribution in [3.63, 3.8) is 0 Å². The molecule has 0 unspecified atom stereocenters. The van der Waals surface area contributed by atoms with Crippen molar-refractivity contribution in [2.75, 3.05) is 40.9 Å². The van der Waals surface area contributed by atoms with Crippen LogP contribution in [0.4, 0.5) is 11.4 Å². The molecule has 9 nitrogen and oxygen atoms in total. The van der Waals surface area contributed by atoms with Gasteiger partial charge in [-0.1, -0.05) is 16.8 Å². The predicted molar refractivity (Wildman–Crippen MR) is 140 cm³/mol. The number of ketones is 1. The van der Waals surface area contributed by atoms with Gasteiger partial charge in [-0.3, -0.25) is 9.59 Å². The van der Waals surface area contributed by atoms with Crippen LogP contribution in [-0.2, 0) is 21.1 Å². The van der Waals surface area contributed by atoms with Crippen LogP contribution < -0.4 is 9.80 Å². The number of aromatic nitrogens is 3. The molecule has 5 rings (SSSR count). The molecule has 2 aromatic heterocycles. The summed E-state index contributed by atoms with van der Waals surface area (Å²) in [7, 11) is -3.05. The second-order valence-corrected chi connectivity index (χ2v) is 13.0. The first-order valence-electron chi connectivity index (χ1n) is 11.9. The average molecular weight is 548 g/mol. The summed E-state index contributed by atoms with van der Waals surface area (Å²) in [5.74, 6) is 0.265. The highest BCUT2D eigenvalue weighted by Crippen LogP contribution is 2.32. The fourth-order valence-electron chi connectivity index (χ4n) is 4.52. The van der Waals surface area contributed by atoms with E-state index in [-0.39, 0.29) is 23.2 Å². The smallest absolute Gasteiger partial charge is 0.226 e. The monoisotopic (exact) mass is 547 g/mol. The summed E-state index contributed by atoms with van der Waals surface area (Å²) in [5.41, 5.74) is 3.03. The minimum atomic E-state index is -3.05. The molecule has 0 spiro atoms. The number of benzene rings is 1. The molecular weight excluding hydrogens is 522 g/mol. The molecule has 2 aliphatic rings. The van der Waals surface area contributed by atoms with Crippen LogP contribution in [0.5, 0.6) is 0 Å². The Morgan fingerprint density at radius 3 is 2.58 bits per heavy atom. The SMILES string of the molecule is O=C(CCc1cn(-c2ccc(N3CCCCC3=O)cc2N2CCS(=O)(=O)CC2)nn1)c1ccc(Cl)s1. The van der Waals surface area contributed by atoms with Gasteiger partial charge in [-0.2, -0.15) is 0 Å². The molecule has 190 valence electrons. The van der Waals surface area contributed by atoms with Crippen molar-refractivity contribution >= 4 is 55.8 Å². The van der Waals surface area contributed by atoms with E-state index in [0.29, 0.717) is 53.8 Å². The predicted octanol–water partition coefficient (Wildman–Crippen LogP) is 3.55. The molecule has 3 aromatic rings. The molecule has 0 saturated carbocycles. The van der Waals surface area contributed by atoms with Gasteiger partial charge in [0.1, 0.15) is 0 Å². The number of carbonyl (C=O) groups excluding carboxylic acids is 2. The summed E-state index contributed by atoms with van der Waals surface area (Å²) >= 11 is 7.20. The zero-order valence-corrected chi connectivity index (χ0v) is 22.0. The molecular formula is C24H26ClN5O4S2. The van der Waals surface area contributed by atoms with Crippen LogP contribution in [0.25, 0.3) is 5.69 Å². The number of amides is 1. The van der Waals surface area contributed by atoms with Gasteiger partial charge >= 0.3 is 0 Å². The van der Waals surface area contributed by atoms with Gasteiger partial charge in [0.25, 0.3) is 0 Å². The van der Waals surface area contributed by atoms with Gasteiger partial charge in [-0.15, -0.1) is 16.4 Å². The maximum atomic E-state index is 12.5. The minimum Gasteiger partial charge on any atom is -0.368 e. The van der Waals surface area contributed by atoms with Gasteiger partial charge in [-0.25, -0.2) is 13.1 Å². The van der Waals surface area contributed by atoms with Crippen molar-refractivity contribution in [2.45, 2.75) is 32.1 Å². The Balaban J connectivity index is 1.40. The highest BCUT2D eigenvalue weighted by Gasteiger charge is 2.26. The topological polar surface area (TPSA) is 105 Å². The van der Waals surface area contributed by atoms with Gasteiger partial charge in [0, 0.05) is 44.6 Å². The average Bonchev–Trinajstić information content (AvgIpc) is 3.52. The van der Waals surface area contributed by atoms with E-state index in [4.69, 9.17) is 11.6 Å². The molecule has 2 saturated heterocycles. The number of piperidine rings is 1. The number of nitrogens with zero attached hydrogens (tertiary/aromatic N) is 5. The lowest BCUT2D eigenvalue weighted by Crippen LogP contribution is -2.41. The number of hydrogen-bond donors (Lipinski definition) is 0. The summed E-state index contributed by atoms with van der Waals surface area (Å²) < 4.78 is 26.3. The lowest BCUT2D eigenvalue weighted by atomic mass is 10.1. The Bertz CT molecular complexity index is 1390. The molecule has 36 heavy (non-hydrogen) atoms. The van der Waals surface area contributed by atoms with Gasteiger partial charge in [0.05, 0.1) is 44.0 Å². The van der Waals surface area contributed by atoms with Crippen LogP contribution in [0.1, 0.15) is 41.0 Å². The summed E-state index contributed by atoms with van der Waals surface area (Å²) in [5, 5.41) is 8.55. The zero-order chi connectivity index (χ0) is 25.3. The highest BCUT2D eigenvalue weighted by molar-refractivity contribution is 7.91. The van der Waals surface area contributed by atoms with Crippen molar-refractivity contribution < 1.29 is 18.0 Å². The maximum Gasteiger partial charge on any atom is 0.226 e. The van der Waals surface area contributed by atoms with Crippen LogP contribution >= 0.6 is 22.9 Å². The number of anilines is 2. The molecule has 1 amide bonds. The highest BCUT2D eigenvalue weighted by atomic mass is 35.5. The Kier molecular flexibility index (Phi) is 7.14. The van der Waals surface area contributed by atoms with E-state index in [1.165, 1.54) is 11.3 Å². The summed E-state index contributed by atoms with van der Waals surface area (Å²) in [4.78, 5) is 29.4. The molecule has 12 heteroatoms. The Hall–Kier alpha value is -2.76. The van der Waals surface area contributed by atoms with Crippen molar-refractivity contribution in [3.05, 3.63) is 51.4 Å². The van der Waals surface area contributed by atoms with Gasteiger partial charge in [-0.05, 0) is 43.2 Å². The molecule has 0 N–H and O–H groups in total. The van der Waals surface area contributed by atoms with Crippen LogP contribution in [-0.4, -0.2) is 66.2 Å². The number of Topliss-reactive ketones (excluding diaryl/α,β-unsaturated/α-hetero) is 1. The molecule has 0 bridgehead atoms. The van der Waals surface area contributed by atoms with Crippen LogP contribution in [0, 0.1) is 0 Å². The molecule has 4 heterocycles. The van der Waals surface area contributed by atoms with E-state index < -0.39 is 9.84 Å². The van der Waals surface area contributed by atoms with Crippen molar-refractivity contribution in [2.24, 2.45) is 0 Å². The summed E-state index contributed by atoms with van der Waals surface area (Å²) in [6.45, 7) is 1.40. The number of sulfone groups is 1. The second-order valence-electron chi connectivity index (χ2n) is 9.00. The van der Waals surface area contributed by atoms with Crippen molar-refractivity contribution in [1.82, 2.24) is 15.0 Å². The largest absolute Gasteiger partial charge is 0.368 e. The van der Waals surface area contributed by atoms with Crippen LogP contribution in [0.15, 0.2) is 36.5 Å².